The van der Waals surface area contributed by atoms with E-state index in [1.165, 1.54) is 24.0 Å². The number of allylic oxidation sites excluding steroid dienone is 2. The zero-order valence-electron chi connectivity index (χ0n) is 20.6. The molecule has 1 amide bonds. The number of anilines is 1. The first-order valence-electron chi connectivity index (χ1n) is 12.2. The second-order valence-corrected chi connectivity index (χ2v) is 11.6. The quantitative estimate of drug-likeness (QED) is 0.283. The normalized spacial score (nSPS) is 26.3. The summed E-state index contributed by atoms with van der Waals surface area (Å²) in [5, 5.41) is 9.56. The zero-order chi connectivity index (χ0) is 24.5. The molecule has 2 aliphatic carbocycles. The van der Waals surface area contributed by atoms with E-state index in [4.69, 9.17) is 9.47 Å². The van der Waals surface area contributed by atoms with E-state index in [0.717, 1.165) is 51.6 Å². The molecule has 0 bridgehead atoms. The summed E-state index contributed by atoms with van der Waals surface area (Å²) in [6, 6.07) is 1.87. The van der Waals surface area contributed by atoms with Crippen molar-refractivity contribution < 1.29 is 24.2 Å². The van der Waals surface area contributed by atoms with Gasteiger partial charge in [0, 0.05) is 17.4 Å². The Hall–Kier alpha value is -2.14. The lowest BCUT2D eigenvalue weighted by molar-refractivity contribution is -0.123. The Morgan fingerprint density at radius 3 is 2.59 bits per heavy atom. The third-order valence-electron chi connectivity index (χ3n) is 7.27. The lowest BCUT2D eigenvalue weighted by Crippen LogP contribution is -2.47. The van der Waals surface area contributed by atoms with Crippen LogP contribution in [-0.4, -0.2) is 48.9 Å². The highest BCUT2D eigenvalue weighted by atomic mass is 32.1. The van der Waals surface area contributed by atoms with Gasteiger partial charge in [-0.1, -0.05) is 23.5 Å². The number of carbonyl (C=O) groups is 2. The van der Waals surface area contributed by atoms with Crippen molar-refractivity contribution >= 4 is 28.9 Å². The number of carbonyl (C=O) groups excluding carboxylic acids is 2. The van der Waals surface area contributed by atoms with Gasteiger partial charge in [0.05, 0.1) is 36.5 Å². The Bertz CT molecular complexity index is 1030. The van der Waals surface area contributed by atoms with Crippen LogP contribution in [0.15, 0.2) is 17.7 Å². The summed E-state index contributed by atoms with van der Waals surface area (Å²) >= 11 is 1.25. The number of aliphatic hydroxyl groups is 1. The maximum Gasteiger partial charge on any atom is 0.350 e. The van der Waals surface area contributed by atoms with Crippen LogP contribution in [0.5, 0.6) is 0 Å². The SMILES string of the molecule is COC(=O)c1sc(C#CC(C)(C)CO)cc1N(C(=O)[C@H]1CC=C(C)CC1)[C@H]1CC[C@]2(CC1)CO2. The van der Waals surface area contributed by atoms with E-state index < -0.39 is 11.4 Å². The molecule has 2 heterocycles. The monoisotopic (exact) mass is 485 g/mol. The van der Waals surface area contributed by atoms with E-state index >= 15 is 0 Å². The second-order valence-electron chi connectivity index (χ2n) is 10.5. The van der Waals surface area contributed by atoms with Gasteiger partial charge >= 0.3 is 5.97 Å². The van der Waals surface area contributed by atoms with Crippen LogP contribution < -0.4 is 4.90 Å². The van der Waals surface area contributed by atoms with Crippen molar-refractivity contribution in [2.24, 2.45) is 11.3 Å². The molecule has 3 aliphatic rings. The summed E-state index contributed by atoms with van der Waals surface area (Å²) in [5.74, 6) is 5.74. The van der Waals surface area contributed by atoms with Crippen LogP contribution in [0.2, 0.25) is 0 Å². The summed E-state index contributed by atoms with van der Waals surface area (Å²) in [6.07, 6.45) is 8.21. The van der Waals surface area contributed by atoms with Gasteiger partial charge < -0.3 is 19.5 Å². The van der Waals surface area contributed by atoms with Gasteiger partial charge in [-0.3, -0.25) is 4.79 Å². The Morgan fingerprint density at radius 1 is 1.32 bits per heavy atom. The van der Waals surface area contributed by atoms with Crippen LogP contribution in [0.4, 0.5) is 5.69 Å². The molecule has 0 aromatic carbocycles. The molecule has 1 atom stereocenters. The fourth-order valence-electron chi connectivity index (χ4n) is 4.79. The number of thiophene rings is 1. The minimum Gasteiger partial charge on any atom is -0.465 e. The molecule has 6 nitrogen and oxygen atoms in total. The number of rotatable bonds is 5. The fourth-order valence-corrected chi connectivity index (χ4v) is 5.71. The van der Waals surface area contributed by atoms with Gasteiger partial charge in [0.15, 0.2) is 0 Å². The van der Waals surface area contributed by atoms with Crippen LogP contribution in [-0.2, 0) is 14.3 Å². The molecule has 1 spiro atoms. The van der Waals surface area contributed by atoms with Crippen LogP contribution in [0.25, 0.3) is 0 Å². The molecule has 2 fully saturated rings. The van der Waals surface area contributed by atoms with E-state index in [2.05, 4.69) is 24.8 Å². The number of nitrogens with zero attached hydrogens (tertiary/aromatic N) is 1. The first-order chi connectivity index (χ1) is 16.2. The molecule has 0 unspecified atom stereocenters. The summed E-state index contributed by atoms with van der Waals surface area (Å²) in [5.41, 5.74) is 1.40. The highest BCUT2D eigenvalue weighted by molar-refractivity contribution is 7.15. The minimum absolute atomic E-state index is 0.0158. The van der Waals surface area contributed by atoms with Crippen LogP contribution in [0, 0.1) is 23.2 Å². The Kier molecular flexibility index (Phi) is 7.23. The molecule has 0 radical (unpaired) electrons. The molecular formula is C27H35NO5S. The van der Waals surface area contributed by atoms with E-state index in [1.54, 1.807) is 0 Å². The number of aliphatic hydroxyl groups excluding tert-OH is 1. The van der Waals surface area contributed by atoms with E-state index in [1.807, 2.05) is 24.8 Å². The van der Waals surface area contributed by atoms with Crippen molar-refractivity contribution in [3.05, 3.63) is 27.5 Å². The molecule has 184 valence electrons. The van der Waals surface area contributed by atoms with Crippen LogP contribution >= 0.6 is 11.3 Å². The van der Waals surface area contributed by atoms with E-state index in [0.29, 0.717) is 15.4 Å². The number of amides is 1. The summed E-state index contributed by atoms with van der Waals surface area (Å²) in [4.78, 5) is 29.7. The fraction of sp³-hybridized carbons (Fsp3) is 0.630. The molecule has 4 rings (SSSR count). The standard InChI is InChI=1S/C27H35NO5S/c1-18-5-7-19(8-6-18)24(30)28(20-9-13-27(14-10-20)17-33-27)22-15-21(11-12-26(2,3)16-29)34-23(22)25(31)32-4/h5,15,19-20,29H,6-10,13-14,16-17H2,1-4H3/t19-,20-,27-/m0/s1. The van der Waals surface area contributed by atoms with Crippen LogP contribution in [0.3, 0.4) is 0 Å². The molecule has 34 heavy (non-hydrogen) atoms. The second kappa shape index (κ2) is 9.85. The molecule has 1 aromatic heterocycles. The molecule has 1 saturated heterocycles. The third-order valence-corrected chi connectivity index (χ3v) is 8.29. The van der Waals surface area contributed by atoms with Gasteiger partial charge in [-0.05, 0) is 71.8 Å². The molecule has 1 aliphatic heterocycles. The lowest BCUT2D eigenvalue weighted by atomic mass is 9.83. The Labute approximate surface area is 206 Å². The smallest absolute Gasteiger partial charge is 0.350 e. The van der Waals surface area contributed by atoms with Crippen molar-refractivity contribution in [3.63, 3.8) is 0 Å². The summed E-state index contributed by atoms with van der Waals surface area (Å²) in [6.45, 7) is 6.59. The van der Waals surface area contributed by atoms with Gasteiger partial charge in [0.25, 0.3) is 0 Å². The summed E-state index contributed by atoms with van der Waals surface area (Å²) in [7, 11) is 1.36. The Balaban J connectivity index is 1.71. The number of methoxy groups -OCH3 is 1. The van der Waals surface area contributed by atoms with Crippen LogP contribution in [0.1, 0.15) is 80.3 Å². The molecule has 1 N–H and O–H groups in total. The first-order valence-corrected chi connectivity index (χ1v) is 13.0. The molecule has 1 aromatic rings. The van der Waals surface area contributed by atoms with Gasteiger partial charge in [-0.2, -0.15) is 0 Å². The largest absolute Gasteiger partial charge is 0.465 e. The number of esters is 1. The molecular weight excluding hydrogens is 450 g/mol. The average molecular weight is 486 g/mol. The van der Waals surface area contributed by atoms with Crippen molar-refractivity contribution in [2.75, 3.05) is 25.2 Å². The maximum absolute atomic E-state index is 14.0. The number of ether oxygens (including phenoxy) is 2. The zero-order valence-corrected chi connectivity index (χ0v) is 21.4. The minimum atomic E-state index is -0.556. The molecule has 7 heteroatoms. The highest BCUT2D eigenvalue weighted by Gasteiger charge is 2.49. The maximum atomic E-state index is 14.0. The van der Waals surface area contributed by atoms with Crippen molar-refractivity contribution in [1.82, 2.24) is 0 Å². The van der Waals surface area contributed by atoms with Gasteiger partial charge in [-0.25, -0.2) is 4.79 Å². The predicted octanol–water partition coefficient (Wildman–Crippen LogP) is 4.70. The lowest BCUT2D eigenvalue weighted by Gasteiger charge is -2.38. The van der Waals surface area contributed by atoms with Gasteiger partial charge in [0.2, 0.25) is 5.91 Å². The van der Waals surface area contributed by atoms with Crippen molar-refractivity contribution in [2.45, 2.75) is 77.4 Å². The predicted molar refractivity (Wildman–Crippen MR) is 133 cm³/mol. The van der Waals surface area contributed by atoms with E-state index in [-0.39, 0.29) is 30.1 Å². The topological polar surface area (TPSA) is 79.4 Å². The van der Waals surface area contributed by atoms with Gasteiger partial charge in [0.1, 0.15) is 4.88 Å². The van der Waals surface area contributed by atoms with Gasteiger partial charge in [-0.15, -0.1) is 11.3 Å². The average Bonchev–Trinajstić information content (AvgIpc) is 3.46. The molecule has 1 saturated carbocycles. The number of hydrogen-bond donors (Lipinski definition) is 1. The number of epoxide rings is 1. The highest BCUT2D eigenvalue weighted by Crippen LogP contribution is 2.45. The van der Waals surface area contributed by atoms with Crippen molar-refractivity contribution in [3.8, 4) is 11.8 Å². The Morgan fingerprint density at radius 2 is 2.03 bits per heavy atom. The summed E-state index contributed by atoms with van der Waals surface area (Å²) < 4.78 is 10.8. The van der Waals surface area contributed by atoms with E-state index in [9.17, 15) is 14.7 Å². The van der Waals surface area contributed by atoms with Crippen molar-refractivity contribution in [1.29, 1.82) is 0 Å². The third kappa shape index (κ3) is 5.40. The first kappa shape index (κ1) is 25.0. The number of hydrogen-bond acceptors (Lipinski definition) is 6.